The van der Waals surface area contributed by atoms with Gasteiger partial charge in [0.05, 0.1) is 0 Å². The third-order valence-electron chi connectivity index (χ3n) is 3.54. The lowest BCUT2D eigenvalue weighted by Crippen LogP contribution is -1.88. The molecule has 148 valence electrons. The molecule has 2 aromatic rings. The Balaban J connectivity index is 0.000000198. The van der Waals surface area contributed by atoms with Crippen LogP contribution in [0, 0.1) is 11.8 Å². The summed E-state index contributed by atoms with van der Waals surface area (Å²) in [6, 6.07) is 16.5. The number of hydrogen-bond donors (Lipinski definition) is 0. The van der Waals surface area contributed by atoms with E-state index in [0.29, 0.717) is 12.2 Å². The number of aryl methyl sites for hydroxylation is 2. The first-order chi connectivity index (χ1) is 12.8. The fourth-order valence-electron chi connectivity index (χ4n) is 2.52. The Labute approximate surface area is 171 Å². The number of carbonyl (C=O) groups is 1. The van der Waals surface area contributed by atoms with Crippen LogP contribution in [0.1, 0.15) is 69.4 Å². The Bertz CT molecular complexity index is 654. The maximum atomic E-state index is 11.1. The van der Waals surface area contributed by atoms with Crippen LogP contribution < -0.4 is 0 Å². The van der Waals surface area contributed by atoms with Crippen LogP contribution in [0.2, 0.25) is 0 Å². The molecule has 0 spiro atoms. The van der Waals surface area contributed by atoms with E-state index < -0.39 is 0 Å². The van der Waals surface area contributed by atoms with Gasteiger partial charge < -0.3 is 0 Å². The average molecular weight is 385 g/mol. The summed E-state index contributed by atoms with van der Waals surface area (Å²) in [6.07, 6.45) is 2.91. The van der Waals surface area contributed by atoms with Gasteiger partial charge in [-0.25, -0.2) is 0 Å². The van der Waals surface area contributed by atoms with E-state index in [1.165, 1.54) is 28.2 Å². The zero-order valence-corrected chi connectivity index (χ0v) is 18.7. The highest BCUT2D eigenvalue weighted by molar-refractivity contribution is 7.99. The van der Waals surface area contributed by atoms with Crippen LogP contribution in [0.25, 0.3) is 0 Å². The van der Waals surface area contributed by atoms with E-state index in [1.54, 1.807) is 0 Å². The van der Waals surface area contributed by atoms with Gasteiger partial charge in [-0.1, -0.05) is 84.0 Å². The Hall–Kier alpha value is -1.54. The van der Waals surface area contributed by atoms with Gasteiger partial charge in [0.1, 0.15) is 0 Å². The minimum Gasteiger partial charge on any atom is -0.294 e. The van der Waals surface area contributed by atoms with Crippen molar-refractivity contribution in [2.24, 2.45) is 11.8 Å². The highest BCUT2D eigenvalue weighted by Crippen LogP contribution is 2.30. The molecule has 0 atom stereocenters. The molecule has 1 nitrogen and oxygen atoms in total. The van der Waals surface area contributed by atoms with Crippen molar-refractivity contribution in [3.63, 3.8) is 0 Å². The van der Waals surface area contributed by atoms with Crippen LogP contribution in [-0.4, -0.2) is 11.5 Å². The Morgan fingerprint density at radius 1 is 0.704 bits per heavy atom. The van der Waals surface area contributed by atoms with E-state index in [-0.39, 0.29) is 0 Å². The van der Waals surface area contributed by atoms with Gasteiger partial charge >= 0.3 is 0 Å². The van der Waals surface area contributed by atoms with Crippen molar-refractivity contribution in [1.82, 2.24) is 0 Å². The second-order valence-electron chi connectivity index (χ2n) is 8.25. The van der Waals surface area contributed by atoms with Gasteiger partial charge in [-0.2, -0.15) is 0 Å². The van der Waals surface area contributed by atoms with E-state index >= 15 is 0 Å². The van der Waals surface area contributed by atoms with Crippen molar-refractivity contribution < 1.29 is 4.79 Å². The summed E-state index contributed by atoms with van der Waals surface area (Å²) < 4.78 is 0. The molecule has 0 amide bonds. The minimum atomic E-state index is 0.301. The molecule has 2 aliphatic rings. The fourth-order valence-corrected chi connectivity index (χ4v) is 3.59. The number of ketones is 1. The standard InChI is InChI=1S/C9H8O.C8H8S.2C4H10/c10-9-6-5-7-3-1-2-4-8(7)9;1-2-4-8-7(3-1)5-6-9-8;2*1-4(2)3/h1-4H,5-6H2;1-4H,5-6H2;2*4H,1-3H3. The molecule has 2 aromatic carbocycles. The molecule has 0 aromatic heterocycles. The van der Waals surface area contributed by atoms with E-state index in [9.17, 15) is 4.79 Å². The Morgan fingerprint density at radius 2 is 1.22 bits per heavy atom. The molecule has 2 heteroatoms. The summed E-state index contributed by atoms with van der Waals surface area (Å²) in [7, 11) is 0. The number of rotatable bonds is 0. The fraction of sp³-hybridized carbons (Fsp3) is 0.480. The predicted molar refractivity (Wildman–Crippen MR) is 121 cm³/mol. The number of Topliss-reactive ketones (excluding diaryl/α,β-unsaturated/α-hetero) is 1. The first-order valence-corrected chi connectivity index (χ1v) is 11.1. The van der Waals surface area contributed by atoms with Crippen molar-refractivity contribution in [2.45, 2.75) is 65.7 Å². The third-order valence-corrected chi connectivity index (χ3v) is 4.66. The first kappa shape index (κ1) is 23.5. The van der Waals surface area contributed by atoms with Gasteiger partial charge in [-0.05, 0) is 41.9 Å². The lowest BCUT2D eigenvalue weighted by Gasteiger charge is -1.92. The maximum Gasteiger partial charge on any atom is 0.163 e. The molecule has 0 N–H and O–H groups in total. The summed E-state index contributed by atoms with van der Waals surface area (Å²) in [5, 5.41) is 0. The van der Waals surface area contributed by atoms with Gasteiger partial charge in [-0.3, -0.25) is 4.79 Å². The van der Waals surface area contributed by atoms with Crippen LogP contribution in [0.15, 0.2) is 53.4 Å². The molecule has 0 fully saturated rings. The molecule has 0 bridgehead atoms. The quantitative estimate of drug-likeness (QED) is 0.468. The van der Waals surface area contributed by atoms with Crippen molar-refractivity contribution in [3.8, 4) is 0 Å². The molecule has 1 aliphatic carbocycles. The van der Waals surface area contributed by atoms with Gasteiger partial charge in [0, 0.05) is 22.6 Å². The van der Waals surface area contributed by atoms with Gasteiger partial charge in [-0.15, -0.1) is 11.8 Å². The van der Waals surface area contributed by atoms with Gasteiger partial charge in [0.15, 0.2) is 5.78 Å². The summed E-state index contributed by atoms with van der Waals surface area (Å²) in [5.41, 5.74) is 3.68. The normalized spacial score (nSPS) is 13.6. The van der Waals surface area contributed by atoms with Crippen molar-refractivity contribution in [3.05, 3.63) is 65.2 Å². The van der Waals surface area contributed by atoms with Crippen LogP contribution in [0.4, 0.5) is 0 Å². The Kier molecular flexibility index (Phi) is 11.1. The van der Waals surface area contributed by atoms with E-state index in [4.69, 9.17) is 0 Å². The average Bonchev–Trinajstić information content (AvgIpc) is 3.22. The van der Waals surface area contributed by atoms with Crippen LogP contribution in [0.3, 0.4) is 0 Å². The molecule has 0 saturated carbocycles. The monoisotopic (exact) mass is 384 g/mol. The predicted octanol–water partition coefficient (Wildman–Crippen LogP) is 7.47. The molecule has 1 aliphatic heterocycles. The van der Waals surface area contributed by atoms with E-state index in [0.717, 1.165) is 23.8 Å². The highest BCUT2D eigenvalue weighted by atomic mass is 32.2. The van der Waals surface area contributed by atoms with Crippen LogP contribution in [-0.2, 0) is 12.8 Å². The van der Waals surface area contributed by atoms with Gasteiger partial charge in [0.2, 0.25) is 0 Å². The number of fused-ring (bicyclic) bond motifs is 2. The zero-order chi connectivity index (χ0) is 20.2. The topological polar surface area (TPSA) is 17.1 Å². The summed E-state index contributed by atoms with van der Waals surface area (Å²) in [5.74, 6) is 3.25. The lowest BCUT2D eigenvalue weighted by molar-refractivity contribution is 0.0994. The van der Waals surface area contributed by atoms with Crippen LogP contribution >= 0.6 is 11.8 Å². The molecule has 27 heavy (non-hydrogen) atoms. The number of carbonyl (C=O) groups excluding carboxylic acids is 1. The molecule has 0 radical (unpaired) electrons. The zero-order valence-electron chi connectivity index (χ0n) is 17.9. The molecule has 1 heterocycles. The minimum absolute atomic E-state index is 0.301. The molecule has 4 rings (SSSR count). The third kappa shape index (κ3) is 9.81. The molecule has 0 unspecified atom stereocenters. The second kappa shape index (κ2) is 12.8. The number of thioether (sulfide) groups is 1. The lowest BCUT2D eigenvalue weighted by atomic mass is 10.1. The van der Waals surface area contributed by atoms with Crippen molar-refractivity contribution in [2.75, 3.05) is 5.75 Å². The number of benzene rings is 2. The summed E-state index contributed by atoms with van der Waals surface area (Å²) in [6.45, 7) is 13.0. The van der Waals surface area contributed by atoms with Crippen molar-refractivity contribution in [1.29, 1.82) is 0 Å². The number of hydrogen-bond acceptors (Lipinski definition) is 2. The van der Waals surface area contributed by atoms with Gasteiger partial charge in [0.25, 0.3) is 0 Å². The second-order valence-corrected chi connectivity index (χ2v) is 9.39. The highest BCUT2D eigenvalue weighted by Gasteiger charge is 2.17. The molecule has 0 saturated heterocycles. The summed E-state index contributed by atoms with van der Waals surface area (Å²) >= 11 is 1.97. The molecular weight excluding hydrogens is 348 g/mol. The van der Waals surface area contributed by atoms with E-state index in [2.05, 4.69) is 65.8 Å². The molecular formula is C25H36OS. The largest absolute Gasteiger partial charge is 0.294 e. The maximum absolute atomic E-state index is 11.1. The Morgan fingerprint density at radius 3 is 1.78 bits per heavy atom. The van der Waals surface area contributed by atoms with Crippen molar-refractivity contribution >= 4 is 17.5 Å². The SMILES string of the molecule is CC(C)C.CC(C)C.O=C1CCc2ccccc21.c1ccc2c(c1)CCS2. The first-order valence-electron chi connectivity index (χ1n) is 10.1. The van der Waals surface area contributed by atoms with E-state index in [1.807, 2.05) is 36.0 Å². The summed E-state index contributed by atoms with van der Waals surface area (Å²) in [4.78, 5) is 12.5. The smallest absolute Gasteiger partial charge is 0.163 e. The van der Waals surface area contributed by atoms with Crippen LogP contribution in [0.5, 0.6) is 0 Å².